The van der Waals surface area contributed by atoms with Crippen LogP contribution in [-0.2, 0) is 0 Å². The second-order valence-electron chi connectivity index (χ2n) is 6.64. The molecule has 0 amide bonds. The van der Waals surface area contributed by atoms with Crippen molar-refractivity contribution in [2.75, 3.05) is 7.11 Å². The topological polar surface area (TPSA) is 57.0 Å². The van der Waals surface area contributed by atoms with Crippen LogP contribution in [0.5, 0.6) is 5.75 Å². The maximum Gasteiger partial charge on any atom is 0.235 e. The highest BCUT2D eigenvalue weighted by Gasteiger charge is 2.32. The number of methoxy groups -OCH3 is 1. The average molecular weight is 387 g/mol. The molecule has 0 radical (unpaired) electrons. The van der Waals surface area contributed by atoms with Crippen LogP contribution < -0.4 is 4.74 Å². The molecule has 3 aromatic carbocycles. The van der Waals surface area contributed by atoms with Crippen molar-refractivity contribution in [1.82, 2.24) is 14.8 Å². The maximum absolute atomic E-state index is 13.0. The summed E-state index contributed by atoms with van der Waals surface area (Å²) in [5.74, 6) is 1.35. The Morgan fingerprint density at radius 3 is 2.61 bits per heavy atom. The van der Waals surface area contributed by atoms with E-state index in [1.165, 1.54) is 10.8 Å². The molecule has 4 aromatic rings. The number of nitrogens with zero attached hydrogens (tertiary/aromatic N) is 3. The van der Waals surface area contributed by atoms with E-state index >= 15 is 0 Å². The molecule has 1 aromatic heterocycles. The molecule has 1 aliphatic rings. The smallest absolute Gasteiger partial charge is 0.235 e. The number of rotatable bonds is 3. The second-order valence-corrected chi connectivity index (χ2v) is 7.81. The van der Waals surface area contributed by atoms with Gasteiger partial charge in [-0.1, -0.05) is 54.2 Å². The summed E-state index contributed by atoms with van der Waals surface area (Å²) in [6.45, 7) is 0. The summed E-state index contributed by atoms with van der Waals surface area (Å²) >= 11 is 1.60. The van der Waals surface area contributed by atoms with Crippen LogP contribution in [0.1, 0.15) is 22.0 Å². The molecule has 5 nitrogen and oxygen atoms in total. The molecule has 0 aliphatic carbocycles. The minimum atomic E-state index is 0.0162. The molecule has 0 bridgehead atoms. The van der Waals surface area contributed by atoms with Crippen molar-refractivity contribution in [2.45, 2.75) is 16.8 Å². The number of hydrogen-bond acceptors (Lipinski definition) is 5. The fraction of sp³-hybridized carbons (Fsp3) is 0.136. The van der Waals surface area contributed by atoms with Gasteiger partial charge < -0.3 is 4.74 Å². The number of thioether (sulfide) groups is 1. The number of carbonyl (C=O) groups is 1. The zero-order valence-corrected chi connectivity index (χ0v) is 16.0. The lowest BCUT2D eigenvalue weighted by Gasteiger charge is -2.23. The van der Waals surface area contributed by atoms with E-state index in [9.17, 15) is 4.79 Å². The Balaban J connectivity index is 1.53. The first-order chi connectivity index (χ1) is 13.7. The molecule has 6 heteroatoms. The lowest BCUT2D eigenvalue weighted by atomic mass is 10.00. The number of fused-ring (bicyclic) bond motifs is 2. The molecule has 1 atom stereocenters. The van der Waals surface area contributed by atoms with Crippen molar-refractivity contribution in [1.29, 1.82) is 0 Å². The molecular weight excluding hydrogens is 370 g/mol. The normalized spacial score (nSPS) is 16.2. The quantitative estimate of drug-likeness (QED) is 0.496. The molecule has 0 unspecified atom stereocenters. The van der Waals surface area contributed by atoms with Crippen molar-refractivity contribution >= 4 is 28.4 Å². The van der Waals surface area contributed by atoms with Gasteiger partial charge in [-0.15, -0.1) is 10.2 Å². The number of benzene rings is 3. The zero-order valence-electron chi connectivity index (χ0n) is 15.2. The zero-order chi connectivity index (χ0) is 19.1. The summed E-state index contributed by atoms with van der Waals surface area (Å²) in [6.07, 6.45) is 0.410. The van der Waals surface area contributed by atoms with Gasteiger partial charge in [-0.25, -0.2) is 4.57 Å². The molecule has 5 rings (SSSR count). The van der Waals surface area contributed by atoms with Crippen molar-refractivity contribution in [3.8, 4) is 17.1 Å². The minimum absolute atomic E-state index is 0.0162. The van der Waals surface area contributed by atoms with Crippen LogP contribution in [0.2, 0.25) is 0 Å². The first-order valence-electron chi connectivity index (χ1n) is 9.02. The number of hydrogen-bond donors (Lipinski definition) is 0. The molecule has 28 heavy (non-hydrogen) atoms. The first kappa shape index (κ1) is 17.0. The van der Waals surface area contributed by atoms with Crippen molar-refractivity contribution in [3.05, 3.63) is 72.3 Å². The molecule has 0 saturated carbocycles. The highest BCUT2D eigenvalue weighted by atomic mass is 32.2. The number of ether oxygens (including phenoxy) is 1. The van der Waals surface area contributed by atoms with Gasteiger partial charge in [0.2, 0.25) is 5.91 Å². The predicted molar refractivity (Wildman–Crippen MR) is 110 cm³/mol. The van der Waals surface area contributed by atoms with Crippen LogP contribution >= 0.6 is 11.8 Å². The number of aromatic nitrogens is 3. The molecule has 0 saturated heterocycles. The Morgan fingerprint density at radius 2 is 1.79 bits per heavy atom. The molecule has 0 spiro atoms. The van der Waals surface area contributed by atoms with E-state index in [-0.39, 0.29) is 11.2 Å². The van der Waals surface area contributed by atoms with E-state index in [0.29, 0.717) is 17.4 Å². The van der Waals surface area contributed by atoms with E-state index < -0.39 is 0 Å². The van der Waals surface area contributed by atoms with E-state index in [0.717, 1.165) is 16.9 Å². The lowest BCUT2D eigenvalue weighted by molar-refractivity contribution is 0.0888. The standard InChI is InChI=1S/C22H17N3O2S/c1-27-16-11-9-15(10-12-16)21-23-24-22-25(21)20(26)13-19(28-22)18-8-4-6-14-5-2-3-7-17(14)18/h2-12,19H,13H2,1H3/t19-/m0/s1. The van der Waals surface area contributed by atoms with Gasteiger partial charge in [0.05, 0.1) is 7.11 Å². The van der Waals surface area contributed by atoms with Gasteiger partial charge in [0.25, 0.3) is 0 Å². The van der Waals surface area contributed by atoms with E-state index in [2.05, 4.69) is 34.5 Å². The summed E-state index contributed by atoms with van der Waals surface area (Å²) in [5.41, 5.74) is 2.01. The summed E-state index contributed by atoms with van der Waals surface area (Å²) in [6, 6.07) is 22.0. The largest absolute Gasteiger partial charge is 0.497 e. The summed E-state index contributed by atoms with van der Waals surface area (Å²) in [4.78, 5) is 13.0. The van der Waals surface area contributed by atoms with Crippen LogP contribution in [0.3, 0.4) is 0 Å². The number of carbonyl (C=O) groups excluding carboxylic acids is 1. The van der Waals surface area contributed by atoms with E-state index in [4.69, 9.17) is 4.74 Å². The van der Waals surface area contributed by atoms with Crippen molar-refractivity contribution < 1.29 is 9.53 Å². The second kappa shape index (κ2) is 6.80. The van der Waals surface area contributed by atoms with Gasteiger partial charge in [0.15, 0.2) is 11.0 Å². The van der Waals surface area contributed by atoms with Crippen molar-refractivity contribution in [2.24, 2.45) is 0 Å². The van der Waals surface area contributed by atoms with Gasteiger partial charge in [-0.2, -0.15) is 0 Å². The first-order valence-corrected chi connectivity index (χ1v) is 9.90. The van der Waals surface area contributed by atoms with Crippen LogP contribution in [0.4, 0.5) is 0 Å². The Kier molecular flexibility index (Phi) is 4.13. The highest BCUT2D eigenvalue weighted by Crippen LogP contribution is 2.44. The van der Waals surface area contributed by atoms with Gasteiger partial charge in [0.1, 0.15) is 5.75 Å². The van der Waals surface area contributed by atoms with Crippen LogP contribution in [0.25, 0.3) is 22.2 Å². The van der Waals surface area contributed by atoms with Crippen molar-refractivity contribution in [3.63, 3.8) is 0 Å². The maximum atomic E-state index is 13.0. The fourth-order valence-electron chi connectivity index (χ4n) is 3.62. The Bertz CT molecular complexity index is 1180. The summed E-state index contributed by atoms with van der Waals surface area (Å²) in [5, 5.41) is 11.6. The SMILES string of the molecule is COc1ccc(-c2nnc3n2C(=O)C[C@@H](c2cccc4ccccc24)S3)cc1. The lowest BCUT2D eigenvalue weighted by Crippen LogP contribution is -2.20. The monoisotopic (exact) mass is 387 g/mol. The molecule has 1 aliphatic heterocycles. The van der Waals surface area contributed by atoms with Gasteiger partial charge in [0, 0.05) is 17.2 Å². The molecular formula is C22H17N3O2S. The van der Waals surface area contributed by atoms with Crippen LogP contribution in [0, 0.1) is 0 Å². The fourth-order valence-corrected chi connectivity index (χ4v) is 4.82. The predicted octanol–water partition coefficient (Wildman–Crippen LogP) is 4.98. The molecule has 138 valence electrons. The third-order valence-corrected chi connectivity index (χ3v) is 6.19. The van der Waals surface area contributed by atoms with Gasteiger partial charge in [-0.05, 0) is 40.6 Å². The Morgan fingerprint density at radius 1 is 1.00 bits per heavy atom. The molecule has 2 heterocycles. The molecule has 0 fully saturated rings. The van der Waals surface area contributed by atoms with Gasteiger partial charge in [-0.3, -0.25) is 4.79 Å². The average Bonchev–Trinajstić information content (AvgIpc) is 3.18. The highest BCUT2D eigenvalue weighted by molar-refractivity contribution is 7.99. The van der Waals surface area contributed by atoms with E-state index in [1.807, 2.05) is 42.5 Å². The Hall–Kier alpha value is -3.12. The van der Waals surface area contributed by atoms with Crippen LogP contribution in [-0.4, -0.2) is 27.8 Å². The summed E-state index contributed by atoms with van der Waals surface area (Å²) < 4.78 is 6.84. The van der Waals surface area contributed by atoms with Gasteiger partial charge >= 0.3 is 0 Å². The van der Waals surface area contributed by atoms with E-state index in [1.54, 1.807) is 23.4 Å². The third kappa shape index (κ3) is 2.77. The molecule has 0 N–H and O–H groups in total. The Labute approximate surface area is 166 Å². The third-order valence-electron chi connectivity index (χ3n) is 5.01. The summed E-state index contributed by atoms with van der Waals surface area (Å²) in [7, 11) is 1.63. The minimum Gasteiger partial charge on any atom is -0.497 e. The van der Waals surface area contributed by atoms with Crippen LogP contribution in [0.15, 0.2) is 71.9 Å².